The first-order chi connectivity index (χ1) is 9.31. The van der Waals surface area contributed by atoms with Gasteiger partial charge in [0.2, 0.25) is 5.88 Å². The van der Waals surface area contributed by atoms with Crippen LogP contribution in [0.3, 0.4) is 0 Å². The van der Waals surface area contributed by atoms with Gasteiger partial charge in [-0.05, 0) is 58.5 Å². The number of halogens is 1. The summed E-state index contributed by atoms with van der Waals surface area (Å²) in [5.74, 6) is 2.22. The maximum absolute atomic E-state index is 5.72. The molecule has 2 aromatic rings. The highest BCUT2D eigenvalue weighted by Gasteiger charge is 2.16. The number of benzene rings is 1. The van der Waals surface area contributed by atoms with Crippen molar-refractivity contribution in [3.8, 4) is 11.6 Å². The van der Waals surface area contributed by atoms with Crippen molar-refractivity contribution >= 4 is 15.9 Å². The van der Waals surface area contributed by atoms with Crippen molar-refractivity contribution in [3.05, 3.63) is 52.6 Å². The van der Waals surface area contributed by atoms with E-state index in [1.807, 2.05) is 24.3 Å². The first-order valence-corrected chi connectivity index (χ1v) is 7.50. The second-order valence-electron chi connectivity index (χ2n) is 4.97. The highest BCUT2D eigenvalue weighted by atomic mass is 79.9. The van der Waals surface area contributed by atoms with E-state index in [0.29, 0.717) is 5.88 Å². The van der Waals surface area contributed by atoms with E-state index in [-0.39, 0.29) is 0 Å². The molecule has 0 bridgehead atoms. The molecule has 19 heavy (non-hydrogen) atoms. The van der Waals surface area contributed by atoms with E-state index < -0.39 is 0 Å². The van der Waals surface area contributed by atoms with Gasteiger partial charge in [-0.15, -0.1) is 0 Å². The maximum Gasteiger partial charge on any atom is 0.219 e. The van der Waals surface area contributed by atoms with Crippen LogP contribution in [0.15, 0.2) is 47.1 Å². The van der Waals surface area contributed by atoms with Crippen molar-refractivity contribution in [2.24, 2.45) is 0 Å². The highest BCUT2D eigenvalue weighted by molar-refractivity contribution is 9.10. The van der Waals surface area contributed by atoms with Gasteiger partial charge in [0.25, 0.3) is 0 Å². The molecule has 0 spiro atoms. The fraction of sp³-hybridized carbons (Fsp3) is 0.312. The molecule has 98 valence electrons. The van der Waals surface area contributed by atoms with Crippen LogP contribution < -0.4 is 4.74 Å². The maximum atomic E-state index is 5.72. The first kappa shape index (κ1) is 12.7. The Labute approximate surface area is 122 Å². The summed E-state index contributed by atoms with van der Waals surface area (Å²) in [6, 6.07) is 12.2. The van der Waals surface area contributed by atoms with E-state index in [2.05, 4.69) is 33.0 Å². The van der Waals surface area contributed by atoms with Crippen molar-refractivity contribution < 1.29 is 4.74 Å². The van der Waals surface area contributed by atoms with Gasteiger partial charge in [0, 0.05) is 16.7 Å². The molecule has 0 N–H and O–H groups in total. The van der Waals surface area contributed by atoms with E-state index in [9.17, 15) is 0 Å². The highest BCUT2D eigenvalue weighted by Crippen LogP contribution is 2.34. The molecule has 1 saturated carbocycles. The molecule has 1 aliphatic carbocycles. The summed E-state index contributed by atoms with van der Waals surface area (Å²) in [5, 5.41) is 0. The Balaban J connectivity index is 1.70. The largest absolute Gasteiger partial charge is 0.439 e. The molecule has 0 aliphatic heterocycles. The quantitative estimate of drug-likeness (QED) is 0.767. The van der Waals surface area contributed by atoms with Gasteiger partial charge in [-0.25, -0.2) is 4.98 Å². The number of pyridine rings is 1. The lowest BCUT2D eigenvalue weighted by molar-refractivity contribution is 0.462. The van der Waals surface area contributed by atoms with Gasteiger partial charge >= 0.3 is 0 Å². The normalized spacial score (nSPS) is 15.6. The van der Waals surface area contributed by atoms with Crippen molar-refractivity contribution in [3.63, 3.8) is 0 Å². The topological polar surface area (TPSA) is 22.1 Å². The van der Waals surface area contributed by atoms with Gasteiger partial charge in [0.15, 0.2) is 0 Å². The van der Waals surface area contributed by atoms with Crippen LogP contribution in [-0.2, 0) is 0 Å². The van der Waals surface area contributed by atoms with Crippen LogP contribution in [0.4, 0.5) is 0 Å². The Bertz CT molecular complexity index is 530. The molecule has 0 saturated heterocycles. The third-order valence-electron chi connectivity index (χ3n) is 3.63. The van der Waals surface area contributed by atoms with Crippen molar-refractivity contribution in [1.29, 1.82) is 0 Å². The molecule has 3 rings (SSSR count). The Hall–Kier alpha value is -1.35. The molecular weight excluding hydrogens is 302 g/mol. The van der Waals surface area contributed by atoms with Gasteiger partial charge in [0.05, 0.1) is 0 Å². The van der Waals surface area contributed by atoms with Crippen molar-refractivity contribution in [2.75, 3.05) is 0 Å². The molecule has 1 heterocycles. The van der Waals surface area contributed by atoms with Crippen LogP contribution in [0.5, 0.6) is 11.6 Å². The summed E-state index contributed by atoms with van der Waals surface area (Å²) >= 11 is 3.36. The molecule has 1 aromatic heterocycles. The fourth-order valence-electron chi connectivity index (χ4n) is 2.61. The smallest absolute Gasteiger partial charge is 0.219 e. The van der Waals surface area contributed by atoms with Gasteiger partial charge in [-0.1, -0.05) is 25.0 Å². The van der Waals surface area contributed by atoms with Crippen molar-refractivity contribution in [1.82, 2.24) is 4.98 Å². The van der Waals surface area contributed by atoms with Crippen LogP contribution >= 0.6 is 15.9 Å². The Kier molecular flexibility index (Phi) is 3.83. The van der Waals surface area contributed by atoms with Crippen LogP contribution in [0.2, 0.25) is 0 Å². The summed E-state index contributed by atoms with van der Waals surface area (Å²) in [6.07, 6.45) is 7.13. The fourth-order valence-corrected chi connectivity index (χ4v) is 2.85. The number of hydrogen-bond donors (Lipinski definition) is 0. The lowest BCUT2D eigenvalue weighted by Crippen LogP contribution is -1.92. The van der Waals surface area contributed by atoms with Gasteiger partial charge in [0.1, 0.15) is 5.75 Å². The van der Waals surface area contributed by atoms with Gasteiger partial charge in [-0.3, -0.25) is 0 Å². The minimum atomic E-state index is 0.622. The molecule has 2 nitrogen and oxygen atoms in total. The van der Waals surface area contributed by atoms with E-state index in [1.165, 1.54) is 31.2 Å². The number of ether oxygens (including phenoxy) is 1. The SMILES string of the molecule is Brc1ccc(Oc2ccc(C3CCCC3)cc2)nc1. The molecule has 0 radical (unpaired) electrons. The lowest BCUT2D eigenvalue weighted by Gasteiger charge is -2.10. The Morgan fingerprint density at radius 3 is 2.37 bits per heavy atom. The molecule has 0 atom stereocenters. The van der Waals surface area contributed by atoms with Gasteiger partial charge in [-0.2, -0.15) is 0 Å². The molecular formula is C16H16BrNO. The average Bonchev–Trinajstić information content (AvgIpc) is 2.96. The average molecular weight is 318 g/mol. The summed E-state index contributed by atoms with van der Waals surface area (Å²) < 4.78 is 6.67. The van der Waals surface area contributed by atoms with Gasteiger partial charge < -0.3 is 4.74 Å². The Morgan fingerprint density at radius 1 is 1.00 bits per heavy atom. The van der Waals surface area contributed by atoms with Crippen LogP contribution in [0, 0.1) is 0 Å². The zero-order valence-electron chi connectivity index (χ0n) is 10.7. The Morgan fingerprint density at radius 2 is 1.74 bits per heavy atom. The number of nitrogens with zero attached hydrogens (tertiary/aromatic N) is 1. The molecule has 1 aromatic carbocycles. The van der Waals surface area contributed by atoms with Crippen LogP contribution in [-0.4, -0.2) is 4.98 Å². The van der Waals surface area contributed by atoms with E-state index in [0.717, 1.165) is 16.1 Å². The predicted molar refractivity (Wildman–Crippen MR) is 79.7 cm³/mol. The zero-order chi connectivity index (χ0) is 13.1. The lowest BCUT2D eigenvalue weighted by atomic mass is 9.98. The summed E-state index contributed by atoms with van der Waals surface area (Å²) in [7, 11) is 0. The predicted octanol–water partition coefficient (Wildman–Crippen LogP) is 5.29. The monoisotopic (exact) mass is 317 g/mol. The molecule has 0 unspecified atom stereocenters. The molecule has 1 aliphatic rings. The first-order valence-electron chi connectivity index (χ1n) is 6.70. The van der Waals surface area contributed by atoms with Crippen molar-refractivity contribution in [2.45, 2.75) is 31.6 Å². The standard InChI is InChI=1S/C16H16BrNO/c17-14-7-10-16(18-11-14)19-15-8-5-13(6-9-15)12-3-1-2-4-12/h5-12H,1-4H2. The number of aromatic nitrogens is 1. The van der Waals surface area contributed by atoms with Crippen LogP contribution in [0.25, 0.3) is 0 Å². The number of hydrogen-bond acceptors (Lipinski definition) is 2. The van der Waals surface area contributed by atoms with E-state index in [4.69, 9.17) is 4.74 Å². The second-order valence-corrected chi connectivity index (χ2v) is 5.88. The van der Waals surface area contributed by atoms with E-state index in [1.54, 1.807) is 6.20 Å². The minimum Gasteiger partial charge on any atom is -0.439 e. The summed E-state index contributed by atoms with van der Waals surface area (Å²) in [4.78, 5) is 4.20. The number of rotatable bonds is 3. The summed E-state index contributed by atoms with van der Waals surface area (Å²) in [6.45, 7) is 0. The second kappa shape index (κ2) is 5.74. The van der Waals surface area contributed by atoms with Crippen LogP contribution in [0.1, 0.15) is 37.2 Å². The third kappa shape index (κ3) is 3.16. The minimum absolute atomic E-state index is 0.622. The molecule has 3 heteroatoms. The van der Waals surface area contributed by atoms with E-state index >= 15 is 0 Å². The molecule has 0 amide bonds. The third-order valence-corrected chi connectivity index (χ3v) is 4.10. The zero-order valence-corrected chi connectivity index (χ0v) is 12.3. The summed E-state index contributed by atoms with van der Waals surface area (Å²) in [5.41, 5.74) is 1.44. The molecule has 1 fully saturated rings.